The topological polar surface area (TPSA) is 88.1 Å². The number of ether oxygens (including phenoxy) is 1. The van der Waals surface area contributed by atoms with Crippen LogP contribution in [0.1, 0.15) is 52.1 Å². The highest BCUT2D eigenvalue weighted by Crippen LogP contribution is 2.20. The predicted molar refractivity (Wildman–Crippen MR) is 111 cm³/mol. The summed E-state index contributed by atoms with van der Waals surface area (Å²) in [5.41, 5.74) is 1.23. The van der Waals surface area contributed by atoms with Gasteiger partial charge in [0.15, 0.2) is 11.2 Å². The molecule has 0 spiro atoms. The van der Waals surface area contributed by atoms with Crippen LogP contribution in [0.2, 0.25) is 0 Å². The van der Waals surface area contributed by atoms with Gasteiger partial charge in [0.2, 0.25) is 0 Å². The van der Waals surface area contributed by atoms with Crippen LogP contribution in [0.4, 0.5) is 0 Å². The Bertz CT molecular complexity index is 1150. The van der Waals surface area contributed by atoms with Gasteiger partial charge >= 0.3 is 11.7 Å². The number of rotatable bonds is 6. The number of benzene rings is 1. The molecule has 0 fully saturated rings. The molecule has 0 radical (unpaired) electrons. The monoisotopic (exact) mass is 398 g/mol. The van der Waals surface area contributed by atoms with E-state index in [1.807, 2.05) is 24.3 Å². The maximum Gasteiger partial charge on any atom is 0.337 e. The Balaban J connectivity index is 2.30. The van der Waals surface area contributed by atoms with Crippen LogP contribution in [0.5, 0.6) is 0 Å². The van der Waals surface area contributed by atoms with E-state index in [0.29, 0.717) is 11.6 Å². The quantitative estimate of drug-likeness (QED) is 0.596. The summed E-state index contributed by atoms with van der Waals surface area (Å²) in [7, 11) is 0. The van der Waals surface area contributed by atoms with Gasteiger partial charge in [0.05, 0.1) is 18.6 Å². The number of carbonyl (C=O) groups excluding carboxylic acids is 1. The lowest BCUT2D eigenvalue weighted by Crippen LogP contribution is -2.40. The van der Waals surface area contributed by atoms with E-state index in [2.05, 4.69) is 18.8 Å². The van der Waals surface area contributed by atoms with E-state index in [-0.39, 0.29) is 24.3 Å². The minimum absolute atomic E-state index is 0.194. The number of aromatic nitrogens is 4. The SMILES string of the molecule is CCOC(=O)[C@@H](C)n1cnc2c1c(=O)n(CC)c(=O)n2-c1ccc(C(C)C)cc1. The Morgan fingerprint density at radius 1 is 1.10 bits per heavy atom. The Morgan fingerprint density at radius 3 is 2.31 bits per heavy atom. The smallest absolute Gasteiger partial charge is 0.337 e. The third-order valence-electron chi connectivity index (χ3n) is 5.04. The van der Waals surface area contributed by atoms with Crippen molar-refractivity contribution in [3.63, 3.8) is 0 Å². The minimum Gasteiger partial charge on any atom is -0.464 e. The number of fused-ring (bicyclic) bond motifs is 1. The van der Waals surface area contributed by atoms with Crippen molar-refractivity contribution in [2.24, 2.45) is 0 Å². The van der Waals surface area contributed by atoms with Crippen molar-refractivity contribution < 1.29 is 9.53 Å². The number of carbonyl (C=O) groups is 1. The molecule has 8 heteroatoms. The fraction of sp³-hybridized carbons (Fsp3) is 0.429. The maximum atomic E-state index is 13.1. The largest absolute Gasteiger partial charge is 0.464 e. The van der Waals surface area contributed by atoms with Crippen molar-refractivity contribution in [3.05, 3.63) is 57.0 Å². The summed E-state index contributed by atoms with van der Waals surface area (Å²) in [4.78, 5) is 42.6. The molecule has 1 aromatic carbocycles. The molecule has 154 valence electrons. The maximum absolute atomic E-state index is 13.1. The molecule has 2 heterocycles. The van der Waals surface area contributed by atoms with Crippen molar-refractivity contribution in [1.82, 2.24) is 18.7 Å². The Kier molecular flexibility index (Phi) is 5.72. The number of nitrogens with zero attached hydrogens (tertiary/aromatic N) is 4. The van der Waals surface area contributed by atoms with Gasteiger partial charge in [-0.1, -0.05) is 26.0 Å². The van der Waals surface area contributed by atoms with Crippen LogP contribution in [0.25, 0.3) is 16.9 Å². The number of esters is 1. The summed E-state index contributed by atoms with van der Waals surface area (Å²) in [6.45, 7) is 9.72. The van der Waals surface area contributed by atoms with Gasteiger partial charge in [-0.05, 0) is 44.4 Å². The average molecular weight is 398 g/mol. The van der Waals surface area contributed by atoms with E-state index in [1.165, 1.54) is 15.5 Å². The summed E-state index contributed by atoms with van der Waals surface area (Å²) >= 11 is 0. The first-order chi connectivity index (χ1) is 13.8. The molecule has 0 amide bonds. The molecule has 3 aromatic rings. The van der Waals surface area contributed by atoms with Crippen LogP contribution >= 0.6 is 0 Å². The van der Waals surface area contributed by atoms with Crippen molar-refractivity contribution in [3.8, 4) is 5.69 Å². The van der Waals surface area contributed by atoms with Crippen molar-refractivity contribution in [2.45, 2.75) is 53.1 Å². The Labute approximate surface area is 168 Å². The number of hydrogen-bond donors (Lipinski definition) is 0. The number of hydrogen-bond acceptors (Lipinski definition) is 5. The lowest BCUT2D eigenvalue weighted by atomic mass is 10.0. The predicted octanol–water partition coefficient (Wildman–Crippen LogP) is 2.62. The third-order valence-corrected chi connectivity index (χ3v) is 5.04. The summed E-state index contributed by atoms with van der Waals surface area (Å²) in [5.74, 6) is -0.108. The minimum atomic E-state index is -0.743. The fourth-order valence-corrected chi connectivity index (χ4v) is 3.34. The van der Waals surface area contributed by atoms with Crippen LogP contribution in [-0.4, -0.2) is 31.3 Å². The highest BCUT2D eigenvalue weighted by Gasteiger charge is 2.24. The molecule has 0 saturated heterocycles. The van der Waals surface area contributed by atoms with Crippen molar-refractivity contribution in [2.75, 3.05) is 6.61 Å². The summed E-state index contributed by atoms with van der Waals surface area (Å²) in [6.07, 6.45) is 1.41. The molecule has 0 N–H and O–H groups in total. The first-order valence-electron chi connectivity index (χ1n) is 9.81. The van der Waals surface area contributed by atoms with Crippen molar-refractivity contribution >= 4 is 17.1 Å². The molecule has 0 aliphatic rings. The van der Waals surface area contributed by atoms with Crippen LogP contribution < -0.4 is 11.2 Å². The second kappa shape index (κ2) is 8.06. The standard InChI is InChI=1S/C21H26N4O4/c1-6-23-19(26)17-18(22-12-24(17)14(5)20(27)29-7-2)25(21(23)28)16-10-8-15(9-11-16)13(3)4/h8-14H,6-7H2,1-5H3/t14-/m1/s1. The van der Waals surface area contributed by atoms with Gasteiger partial charge < -0.3 is 9.30 Å². The normalized spacial score (nSPS) is 12.5. The first-order valence-corrected chi connectivity index (χ1v) is 9.81. The molecular formula is C21H26N4O4. The lowest BCUT2D eigenvalue weighted by Gasteiger charge is -2.15. The molecule has 3 rings (SSSR count). The first kappa shape index (κ1) is 20.6. The molecule has 29 heavy (non-hydrogen) atoms. The molecule has 2 aromatic heterocycles. The van der Waals surface area contributed by atoms with E-state index in [1.54, 1.807) is 20.8 Å². The molecule has 0 aliphatic carbocycles. The van der Waals surface area contributed by atoms with E-state index in [9.17, 15) is 14.4 Å². The van der Waals surface area contributed by atoms with Gasteiger partial charge in [0.1, 0.15) is 6.04 Å². The molecule has 8 nitrogen and oxygen atoms in total. The third kappa shape index (κ3) is 3.50. The van der Waals surface area contributed by atoms with Crippen LogP contribution in [0.15, 0.2) is 40.2 Å². The second-order valence-electron chi connectivity index (χ2n) is 7.17. The Morgan fingerprint density at radius 2 is 1.76 bits per heavy atom. The van der Waals surface area contributed by atoms with E-state index in [4.69, 9.17) is 4.74 Å². The lowest BCUT2D eigenvalue weighted by molar-refractivity contribution is -0.146. The number of imidazole rings is 1. The van der Waals surface area contributed by atoms with Crippen LogP contribution in [0, 0.1) is 0 Å². The molecule has 0 unspecified atom stereocenters. The van der Waals surface area contributed by atoms with E-state index in [0.717, 1.165) is 10.1 Å². The zero-order valence-corrected chi connectivity index (χ0v) is 17.4. The van der Waals surface area contributed by atoms with Crippen LogP contribution in [-0.2, 0) is 16.1 Å². The van der Waals surface area contributed by atoms with Gasteiger partial charge in [0.25, 0.3) is 5.56 Å². The van der Waals surface area contributed by atoms with E-state index >= 15 is 0 Å². The zero-order chi connectivity index (χ0) is 21.3. The summed E-state index contributed by atoms with van der Waals surface area (Å²) in [6, 6.07) is 6.85. The molecule has 0 saturated carbocycles. The highest BCUT2D eigenvalue weighted by atomic mass is 16.5. The Hall–Kier alpha value is -3.16. The molecule has 1 atom stereocenters. The van der Waals surface area contributed by atoms with Gasteiger partial charge in [-0.3, -0.25) is 9.36 Å². The molecule has 0 bridgehead atoms. The highest BCUT2D eigenvalue weighted by molar-refractivity contribution is 5.79. The van der Waals surface area contributed by atoms with Crippen LogP contribution in [0.3, 0.4) is 0 Å². The van der Waals surface area contributed by atoms with Gasteiger partial charge in [-0.15, -0.1) is 0 Å². The van der Waals surface area contributed by atoms with Gasteiger partial charge in [-0.2, -0.15) is 0 Å². The summed E-state index contributed by atoms with van der Waals surface area (Å²) < 4.78 is 9.12. The average Bonchev–Trinajstić information content (AvgIpc) is 3.13. The zero-order valence-electron chi connectivity index (χ0n) is 17.4. The summed E-state index contributed by atoms with van der Waals surface area (Å²) in [5, 5.41) is 0. The molecule has 0 aliphatic heterocycles. The second-order valence-corrected chi connectivity index (χ2v) is 7.17. The van der Waals surface area contributed by atoms with E-state index < -0.39 is 23.3 Å². The molecular weight excluding hydrogens is 372 g/mol. The fourth-order valence-electron chi connectivity index (χ4n) is 3.34. The van der Waals surface area contributed by atoms with Crippen molar-refractivity contribution in [1.29, 1.82) is 0 Å². The van der Waals surface area contributed by atoms with Gasteiger partial charge in [0, 0.05) is 6.54 Å². The van der Waals surface area contributed by atoms with Gasteiger partial charge in [-0.25, -0.2) is 19.1 Å².